The second-order valence-corrected chi connectivity index (χ2v) is 8.95. The molecule has 154 valence electrons. The molecule has 2 aromatic heterocycles. The van der Waals surface area contributed by atoms with Gasteiger partial charge >= 0.3 is 0 Å². The molecule has 8 heteroatoms. The average molecular weight is 441 g/mol. The van der Waals surface area contributed by atoms with Crippen molar-refractivity contribution in [3.63, 3.8) is 0 Å². The van der Waals surface area contributed by atoms with E-state index in [0.29, 0.717) is 18.0 Å². The van der Waals surface area contributed by atoms with Gasteiger partial charge in [0.25, 0.3) is 0 Å². The van der Waals surface area contributed by atoms with Gasteiger partial charge in [0.2, 0.25) is 0 Å². The highest BCUT2D eigenvalue weighted by molar-refractivity contribution is 8.00. The van der Waals surface area contributed by atoms with E-state index in [-0.39, 0.29) is 0 Å². The summed E-state index contributed by atoms with van der Waals surface area (Å²) in [5.74, 6) is 2.91. The van der Waals surface area contributed by atoms with Crippen LogP contribution in [-0.2, 0) is 6.42 Å². The first-order valence-corrected chi connectivity index (χ1v) is 11.1. The molecule has 0 radical (unpaired) electrons. The molecule has 3 heterocycles. The number of nitrogens with zero attached hydrogens (tertiary/aromatic N) is 1. The Morgan fingerprint density at radius 1 is 1.13 bits per heavy atom. The van der Waals surface area contributed by atoms with E-state index < -0.39 is 0 Å². The lowest BCUT2D eigenvalue weighted by molar-refractivity contribution is 0.360. The van der Waals surface area contributed by atoms with Crippen LogP contribution >= 0.6 is 23.3 Å². The van der Waals surface area contributed by atoms with Crippen molar-refractivity contribution in [1.29, 1.82) is 0 Å². The van der Waals surface area contributed by atoms with Crippen LogP contribution in [-0.4, -0.2) is 26.0 Å². The van der Waals surface area contributed by atoms with Gasteiger partial charge in [-0.25, -0.2) is 0 Å². The lowest BCUT2D eigenvalue weighted by atomic mass is 10.0. The van der Waals surface area contributed by atoms with E-state index in [1.165, 1.54) is 27.3 Å². The summed E-state index contributed by atoms with van der Waals surface area (Å²) in [4.78, 5) is 3.33. The molecular formula is C22H20N2O4S2. The Hall–Kier alpha value is -2.84. The minimum absolute atomic E-state index is 0.620. The van der Waals surface area contributed by atoms with E-state index in [1.807, 2.05) is 18.2 Å². The van der Waals surface area contributed by atoms with Crippen molar-refractivity contribution in [3.8, 4) is 27.7 Å². The van der Waals surface area contributed by atoms with Crippen molar-refractivity contribution in [2.24, 2.45) is 0 Å². The molecule has 6 nitrogen and oxygen atoms in total. The van der Waals surface area contributed by atoms with E-state index in [4.69, 9.17) is 18.7 Å². The smallest absolute Gasteiger partial charge is 0.191 e. The molecule has 0 atom stereocenters. The fraction of sp³-hybridized carbons (Fsp3) is 0.227. The summed E-state index contributed by atoms with van der Waals surface area (Å²) < 4.78 is 26.0. The number of benzene rings is 2. The molecule has 2 aromatic carbocycles. The summed E-state index contributed by atoms with van der Waals surface area (Å²) in [6.45, 7) is 2.77. The van der Waals surface area contributed by atoms with Gasteiger partial charge in [0.1, 0.15) is 27.5 Å². The highest BCUT2D eigenvalue weighted by Crippen LogP contribution is 2.46. The van der Waals surface area contributed by atoms with Gasteiger partial charge in [-0.1, -0.05) is 11.2 Å². The molecule has 1 aliphatic rings. The summed E-state index contributed by atoms with van der Waals surface area (Å²) in [5.41, 5.74) is 3.07. The highest BCUT2D eigenvalue weighted by Gasteiger charge is 2.26. The van der Waals surface area contributed by atoms with Gasteiger partial charge in [-0.05, 0) is 49.2 Å². The van der Waals surface area contributed by atoms with Crippen LogP contribution in [0.2, 0.25) is 0 Å². The molecule has 0 saturated carbocycles. The number of methoxy groups -OCH3 is 2. The molecule has 5 rings (SSSR count). The fourth-order valence-electron chi connectivity index (χ4n) is 3.66. The summed E-state index contributed by atoms with van der Waals surface area (Å²) >= 11 is 3.14. The van der Waals surface area contributed by atoms with Crippen molar-refractivity contribution in [2.75, 3.05) is 25.5 Å². The molecular weight excluding hydrogens is 420 g/mol. The third-order valence-corrected chi connectivity index (χ3v) is 6.99. The summed E-state index contributed by atoms with van der Waals surface area (Å²) in [5, 5.41) is 5.14. The molecule has 0 bridgehead atoms. The largest absolute Gasteiger partial charge is 0.495 e. The van der Waals surface area contributed by atoms with Gasteiger partial charge in [0, 0.05) is 27.3 Å². The van der Waals surface area contributed by atoms with Crippen molar-refractivity contribution in [2.45, 2.75) is 18.2 Å². The van der Waals surface area contributed by atoms with Crippen LogP contribution in [0.3, 0.4) is 0 Å². The zero-order chi connectivity index (χ0) is 20.7. The van der Waals surface area contributed by atoms with Crippen molar-refractivity contribution in [1.82, 2.24) is 5.16 Å². The van der Waals surface area contributed by atoms with Crippen LogP contribution in [0.15, 0.2) is 45.8 Å². The van der Waals surface area contributed by atoms with Crippen LogP contribution in [0.25, 0.3) is 21.4 Å². The second-order valence-electron chi connectivity index (χ2n) is 6.84. The number of aromatic nitrogens is 1. The predicted octanol–water partition coefficient (Wildman–Crippen LogP) is 5.94. The van der Waals surface area contributed by atoms with Gasteiger partial charge in [0.15, 0.2) is 11.4 Å². The molecule has 0 amide bonds. The Morgan fingerprint density at radius 2 is 1.93 bits per heavy atom. The van der Waals surface area contributed by atoms with E-state index in [1.54, 1.807) is 25.6 Å². The van der Waals surface area contributed by atoms with E-state index in [2.05, 4.69) is 35.0 Å². The zero-order valence-electron chi connectivity index (χ0n) is 16.8. The lowest BCUT2D eigenvalue weighted by Crippen LogP contribution is -1.95. The number of aryl methyl sites for hydroxylation is 1. The summed E-state index contributed by atoms with van der Waals surface area (Å²) in [6.07, 6.45) is 0.871. The Balaban J connectivity index is 1.54. The maximum atomic E-state index is 6.03. The number of nitrogens with one attached hydrogen (secondary N) is 1. The van der Waals surface area contributed by atoms with Gasteiger partial charge in [-0.2, -0.15) is 0 Å². The monoisotopic (exact) mass is 440 g/mol. The van der Waals surface area contributed by atoms with Gasteiger partial charge in [0.05, 0.1) is 20.8 Å². The van der Waals surface area contributed by atoms with Crippen LogP contribution < -0.4 is 18.9 Å². The number of hydrogen-bond donors (Lipinski definition) is 1. The predicted molar refractivity (Wildman–Crippen MR) is 120 cm³/mol. The summed E-state index contributed by atoms with van der Waals surface area (Å²) in [6, 6.07) is 12.0. The molecule has 0 fully saturated rings. The first-order chi connectivity index (χ1) is 14.7. The fourth-order valence-corrected chi connectivity index (χ4v) is 5.41. The number of thiophene rings is 1. The van der Waals surface area contributed by atoms with Gasteiger partial charge in [-0.3, -0.25) is 0 Å². The molecule has 0 unspecified atom stereocenters. The van der Waals surface area contributed by atoms with E-state index in [9.17, 15) is 0 Å². The van der Waals surface area contributed by atoms with Gasteiger partial charge < -0.3 is 23.5 Å². The Morgan fingerprint density at radius 3 is 2.63 bits per heavy atom. The Kier molecular flexibility index (Phi) is 4.96. The first-order valence-electron chi connectivity index (χ1n) is 9.48. The summed E-state index contributed by atoms with van der Waals surface area (Å²) in [7, 11) is 3.28. The minimum atomic E-state index is 0.620. The third-order valence-electron chi connectivity index (χ3n) is 5.06. The minimum Gasteiger partial charge on any atom is -0.495 e. The number of rotatable bonds is 6. The molecule has 0 saturated heterocycles. The van der Waals surface area contributed by atoms with E-state index in [0.717, 1.165) is 39.5 Å². The maximum absolute atomic E-state index is 6.03. The SMILES string of the molecule is COc1cccc(OC)c1SNc1noc2cc(-c3ccc(C)s3)c3c(c12)OCC3. The first kappa shape index (κ1) is 19.1. The highest BCUT2D eigenvalue weighted by atomic mass is 32.2. The number of anilines is 1. The van der Waals surface area contributed by atoms with Gasteiger partial charge in [-0.15, -0.1) is 11.3 Å². The topological polar surface area (TPSA) is 65.8 Å². The molecule has 1 N–H and O–H groups in total. The standard InChI is InChI=1S/C22H20N2O4S2/c1-12-7-8-18(29-12)14-11-17-19(20-13(14)9-10-27-20)22(23-28-17)24-30-21-15(25-2)5-4-6-16(21)26-3/h4-8,11H,9-10H2,1-3H3,(H,23,24). The molecule has 30 heavy (non-hydrogen) atoms. The quantitative estimate of drug-likeness (QED) is 0.372. The lowest BCUT2D eigenvalue weighted by Gasteiger charge is -2.12. The molecule has 0 spiro atoms. The van der Waals surface area contributed by atoms with Crippen LogP contribution in [0.1, 0.15) is 10.4 Å². The number of ether oxygens (including phenoxy) is 3. The maximum Gasteiger partial charge on any atom is 0.191 e. The Labute approximate surface area is 182 Å². The van der Waals surface area contributed by atoms with Crippen molar-refractivity contribution in [3.05, 3.63) is 46.8 Å². The van der Waals surface area contributed by atoms with Crippen LogP contribution in [0.4, 0.5) is 5.82 Å². The van der Waals surface area contributed by atoms with Crippen molar-refractivity contribution >= 4 is 40.1 Å². The number of fused-ring (bicyclic) bond motifs is 3. The van der Waals surface area contributed by atoms with E-state index >= 15 is 0 Å². The van der Waals surface area contributed by atoms with Crippen LogP contribution in [0.5, 0.6) is 17.2 Å². The third kappa shape index (κ3) is 3.16. The van der Waals surface area contributed by atoms with Crippen molar-refractivity contribution < 1.29 is 18.7 Å². The second kappa shape index (κ2) is 7.77. The average Bonchev–Trinajstić information content (AvgIpc) is 3.50. The van der Waals surface area contributed by atoms with Crippen LogP contribution in [0, 0.1) is 6.92 Å². The molecule has 0 aliphatic carbocycles. The Bertz CT molecular complexity index is 1210. The normalized spacial score (nSPS) is 12.6. The number of hydrogen-bond acceptors (Lipinski definition) is 8. The zero-order valence-corrected chi connectivity index (χ0v) is 18.4. The molecule has 1 aliphatic heterocycles. The molecule has 4 aromatic rings.